The summed E-state index contributed by atoms with van der Waals surface area (Å²) in [6, 6.07) is 13.1. The number of fused-ring (bicyclic) bond motifs is 1. The molecule has 10 nitrogen and oxygen atoms in total. The van der Waals surface area contributed by atoms with E-state index in [0.29, 0.717) is 22.3 Å². The number of esters is 1. The first-order chi connectivity index (χ1) is 15.7. The standard InChI is InChI=1S/C23H22N4O6/c1-13(22(31)27-16-9-7-15(8-10-16)26-14(2)28)33-20(29)12-25-23(32)18-11-24-19-6-4-3-5-17(19)21(18)30/h3-11,13H,12H2,1-2H3,(H,24,30)(H,25,32)(H,26,28)(H,27,31)/t13-/m1/s1. The third-order valence-electron chi connectivity index (χ3n) is 4.58. The van der Waals surface area contributed by atoms with Crippen molar-refractivity contribution in [2.45, 2.75) is 20.0 Å². The van der Waals surface area contributed by atoms with E-state index in [2.05, 4.69) is 20.9 Å². The minimum atomic E-state index is -1.13. The number of hydrogen-bond acceptors (Lipinski definition) is 6. The number of carbonyl (C=O) groups excluding carboxylic acids is 4. The molecule has 0 bridgehead atoms. The Morgan fingerprint density at radius 2 is 1.61 bits per heavy atom. The van der Waals surface area contributed by atoms with Crippen LogP contribution in [-0.4, -0.2) is 41.3 Å². The number of hydrogen-bond donors (Lipinski definition) is 4. The Hall–Kier alpha value is -4.47. The van der Waals surface area contributed by atoms with Crippen molar-refractivity contribution in [2.75, 3.05) is 17.2 Å². The maximum Gasteiger partial charge on any atom is 0.326 e. The highest BCUT2D eigenvalue weighted by Crippen LogP contribution is 2.14. The van der Waals surface area contributed by atoms with Crippen molar-refractivity contribution >= 4 is 46.0 Å². The van der Waals surface area contributed by atoms with Gasteiger partial charge in [0.25, 0.3) is 11.8 Å². The predicted octanol–water partition coefficient (Wildman–Crippen LogP) is 1.79. The summed E-state index contributed by atoms with van der Waals surface area (Å²) in [4.78, 5) is 63.0. The molecule has 10 heteroatoms. The Labute approximate surface area is 188 Å². The van der Waals surface area contributed by atoms with Gasteiger partial charge in [-0.1, -0.05) is 12.1 Å². The second-order valence-corrected chi connectivity index (χ2v) is 7.14. The molecule has 0 aliphatic rings. The lowest BCUT2D eigenvalue weighted by Crippen LogP contribution is -2.37. The van der Waals surface area contributed by atoms with Crippen LogP contribution in [0.1, 0.15) is 24.2 Å². The van der Waals surface area contributed by atoms with Crippen LogP contribution < -0.4 is 21.4 Å². The average molecular weight is 450 g/mol. The van der Waals surface area contributed by atoms with Crippen molar-refractivity contribution in [3.05, 3.63) is 70.5 Å². The molecular weight excluding hydrogens is 428 g/mol. The fourth-order valence-electron chi connectivity index (χ4n) is 2.96. The lowest BCUT2D eigenvalue weighted by Gasteiger charge is -2.14. The number of amides is 3. The third-order valence-corrected chi connectivity index (χ3v) is 4.58. The summed E-state index contributed by atoms with van der Waals surface area (Å²) in [7, 11) is 0. The van der Waals surface area contributed by atoms with Gasteiger partial charge in [-0.2, -0.15) is 0 Å². The molecular formula is C23H22N4O6. The van der Waals surface area contributed by atoms with Crippen LogP contribution in [-0.2, 0) is 19.1 Å². The van der Waals surface area contributed by atoms with Crippen molar-refractivity contribution in [3.8, 4) is 0 Å². The van der Waals surface area contributed by atoms with Gasteiger partial charge in [0.05, 0.1) is 0 Å². The summed E-state index contributed by atoms with van der Waals surface area (Å²) in [6.45, 7) is 2.25. The zero-order valence-corrected chi connectivity index (χ0v) is 17.9. The normalized spacial score (nSPS) is 11.3. The molecule has 0 saturated heterocycles. The van der Waals surface area contributed by atoms with Crippen LogP contribution in [0.3, 0.4) is 0 Å². The van der Waals surface area contributed by atoms with Gasteiger partial charge in [-0.05, 0) is 43.3 Å². The quantitative estimate of drug-likeness (QED) is 0.404. The molecule has 1 heterocycles. The van der Waals surface area contributed by atoms with E-state index in [4.69, 9.17) is 4.74 Å². The van der Waals surface area contributed by atoms with E-state index in [1.165, 1.54) is 20.0 Å². The molecule has 170 valence electrons. The molecule has 3 aromatic rings. The number of nitrogens with one attached hydrogen (secondary N) is 4. The highest BCUT2D eigenvalue weighted by atomic mass is 16.5. The molecule has 0 aliphatic carbocycles. The molecule has 1 atom stereocenters. The number of ether oxygens (including phenoxy) is 1. The Balaban J connectivity index is 1.51. The number of H-pyrrole nitrogens is 1. The minimum Gasteiger partial charge on any atom is -0.451 e. The summed E-state index contributed by atoms with van der Waals surface area (Å²) in [6.07, 6.45) is 0.145. The largest absolute Gasteiger partial charge is 0.451 e. The highest BCUT2D eigenvalue weighted by Gasteiger charge is 2.19. The second kappa shape index (κ2) is 10.2. The maximum absolute atomic E-state index is 12.5. The number of anilines is 2. The molecule has 33 heavy (non-hydrogen) atoms. The summed E-state index contributed by atoms with van der Waals surface area (Å²) in [5.74, 6) is -2.38. The van der Waals surface area contributed by atoms with Gasteiger partial charge in [0, 0.05) is 35.4 Å². The zero-order chi connectivity index (χ0) is 24.0. The molecule has 0 aliphatic heterocycles. The second-order valence-electron chi connectivity index (χ2n) is 7.14. The van der Waals surface area contributed by atoms with Crippen LogP contribution in [0.5, 0.6) is 0 Å². The number of rotatable bonds is 7. The van der Waals surface area contributed by atoms with Crippen molar-refractivity contribution in [1.82, 2.24) is 10.3 Å². The smallest absolute Gasteiger partial charge is 0.326 e. The molecule has 0 saturated carbocycles. The lowest BCUT2D eigenvalue weighted by atomic mass is 10.1. The van der Waals surface area contributed by atoms with Gasteiger partial charge in [0.1, 0.15) is 12.1 Å². The number of aromatic amines is 1. The molecule has 0 radical (unpaired) electrons. The van der Waals surface area contributed by atoms with Gasteiger partial charge in [-0.15, -0.1) is 0 Å². The first-order valence-corrected chi connectivity index (χ1v) is 10.0. The average Bonchev–Trinajstić information content (AvgIpc) is 2.78. The fourth-order valence-corrected chi connectivity index (χ4v) is 2.96. The van der Waals surface area contributed by atoms with Gasteiger partial charge >= 0.3 is 5.97 Å². The molecule has 2 aromatic carbocycles. The van der Waals surface area contributed by atoms with Crippen LogP contribution >= 0.6 is 0 Å². The van der Waals surface area contributed by atoms with E-state index in [1.54, 1.807) is 48.5 Å². The van der Waals surface area contributed by atoms with Crippen LogP contribution in [0.2, 0.25) is 0 Å². The van der Waals surface area contributed by atoms with Crippen molar-refractivity contribution in [2.24, 2.45) is 0 Å². The van der Waals surface area contributed by atoms with E-state index in [-0.39, 0.29) is 11.5 Å². The van der Waals surface area contributed by atoms with Gasteiger partial charge in [-0.3, -0.25) is 24.0 Å². The van der Waals surface area contributed by atoms with E-state index in [0.717, 1.165) is 0 Å². The van der Waals surface area contributed by atoms with Crippen molar-refractivity contribution < 1.29 is 23.9 Å². The van der Waals surface area contributed by atoms with Crippen LogP contribution in [0, 0.1) is 0 Å². The van der Waals surface area contributed by atoms with E-state index < -0.39 is 35.9 Å². The first kappa shape index (κ1) is 23.2. The van der Waals surface area contributed by atoms with Crippen molar-refractivity contribution in [1.29, 1.82) is 0 Å². The molecule has 0 unspecified atom stereocenters. The number of pyridine rings is 1. The zero-order valence-electron chi connectivity index (χ0n) is 17.9. The summed E-state index contributed by atoms with van der Waals surface area (Å²) < 4.78 is 5.04. The Morgan fingerprint density at radius 3 is 2.27 bits per heavy atom. The molecule has 0 spiro atoms. The first-order valence-electron chi connectivity index (χ1n) is 10.0. The lowest BCUT2D eigenvalue weighted by molar-refractivity contribution is -0.152. The van der Waals surface area contributed by atoms with Gasteiger partial charge in [-0.25, -0.2) is 0 Å². The summed E-state index contributed by atoms with van der Waals surface area (Å²) in [5, 5.41) is 7.86. The van der Waals surface area contributed by atoms with E-state index in [1.807, 2.05) is 0 Å². The molecule has 4 N–H and O–H groups in total. The topological polar surface area (TPSA) is 146 Å². The summed E-state index contributed by atoms with van der Waals surface area (Å²) in [5.41, 5.74) is 0.993. The van der Waals surface area contributed by atoms with Gasteiger partial charge < -0.3 is 25.7 Å². The number of para-hydroxylation sites is 1. The number of carbonyl (C=O) groups is 4. The SMILES string of the molecule is CC(=O)Nc1ccc(NC(=O)[C@@H](C)OC(=O)CNC(=O)c2c[nH]c3ccccc3c2=O)cc1. The predicted molar refractivity (Wildman–Crippen MR) is 122 cm³/mol. The molecule has 1 aromatic heterocycles. The van der Waals surface area contributed by atoms with Crippen LogP contribution in [0.25, 0.3) is 10.9 Å². The Morgan fingerprint density at radius 1 is 0.970 bits per heavy atom. The fraction of sp³-hybridized carbons (Fsp3) is 0.174. The van der Waals surface area contributed by atoms with E-state index >= 15 is 0 Å². The molecule has 0 fully saturated rings. The van der Waals surface area contributed by atoms with Gasteiger partial charge in [0.2, 0.25) is 11.3 Å². The maximum atomic E-state index is 12.5. The Kier molecular flexibility index (Phi) is 7.19. The molecule has 3 rings (SSSR count). The minimum absolute atomic E-state index is 0.144. The van der Waals surface area contributed by atoms with Gasteiger partial charge in [0.15, 0.2) is 6.10 Å². The third kappa shape index (κ3) is 6.03. The number of benzene rings is 2. The van der Waals surface area contributed by atoms with Crippen LogP contribution in [0.4, 0.5) is 11.4 Å². The summed E-state index contributed by atoms with van der Waals surface area (Å²) >= 11 is 0. The van der Waals surface area contributed by atoms with Crippen LogP contribution in [0.15, 0.2) is 59.5 Å². The highest BCUT2D eigenvalue weighted by molar-refractivity contribution is 5.99. The molecule has 3 amide bonds. The Bertz CT molecular complexity index is 1270. The van der Waals surface area contributed by atoms with Crippen molar-refractivity contribution in [3.63, 3.8) is 0 Å². The van der Waals surface area contributed by atoms with E-state index in [9.17, 15) is 24.0 Å². The monoisotopic (exact) mass is 450 g/mol. The number of aromatic nitrogens is 1.